The van der Waals surface area contributed by atoms with Crippen molar-refractivity contribution < 1.29 is 14.3 Å². The van der Waals surface area contributed by atoms with Crippen LogP contribution in [0, 0.1) is 0 Å². The first kappa shape index (κ1) is 24.7. The lowest BCUT2D eigenvalue weighted by Crippen LogP contribution is -2.45. The maximum atomic E-state index is 12.5. The largest absolute Gasteiger partial charge is 0.497 e. The van der Waals surface area contributed by atoms with Crippen LogP contribution in [0.15, 0.2) is 41.3 Å². The van der Waals surface area contributed by atoms with Gasteiger partial charge >= 0.3 is 0 Å². The summed E-state index contributed by atoms with van der Waals surface area (Å²) in [6.07, 6.45) is 3.35. The third-order valence-electron chi connectivity index (χ3n) is 6.62. The number of hydrogen-bond acceptors (Lipinski definition) is 8. The number of benzene rings is 1. The second kappa shape index (κ2) is 10.5. The Kier molecular flexibility index (Phi) is 7.42. The van der Waals surface area contributed by atoms with Crippen molar-refractivity contribution >= 4 is 41.0 Å². The number of piperidine rings is 1. The van der Waals surface area contributed by atoms with Crippen molar-refractivity contribution in [3.8, 4) is 11.5 Å². The number of likely N-dealkylation sites (tertiary alicyclic amines) is 1. The number of halogens is 1. The second-order valence-corrected chi connectivity index (χ2v) is 8.64. The number of fused-ring (bicyclic) bond motifs is 2. The minimum atomic E-state index is -0.187. The molecular formula is C24H29ClN6O4. The number of aromatic nitrogens is 3. The second-order valence-electron chi connectivity index (χ2n) is 8.64. The van der Waals surface area contributed by atoms with Crippen molar-refractivity contribution in [1.29, 1.82) is 0 Å². The zero-order valence-electron chi connectivity index (χ0n) is 19.8. The van der Waals surface area contributed by atoms with Crippen molar-refractivity contribution in [3.63, 3.8) is 0 Å². The van der Waals surface area contributed by atoms with Crippen LogP contribution in [0.2, 0.25) is 0 Å². The van der Waals surface area contributed by atoms with E-state index in [0.717, 1.165) is 49.3 Å². The van der Waals surface area contributed by atoms with E-state index in [2.05, 4.69) is 25.1 Å². The van der Waals surface area contributed by atoms with Gasteiger partial charge in [0.1, 0.15) is 11.6 Å². The molecule has 2 aromatic heterocycles. The molecule has 186 valence electrons. The van der Waals surface area contributed by atoms with Gasteiger partial charge in [-0.2, -0.15) is 0 Å². The maximum Gasteiger partial charge on any atom is 0.269 e. The number of hydrogen-bond donors (Lipinski definition) is 1. The molecule has 4 heterocycles. The van der Waals surface area contributed by atoms with Crippen molar-refractivity contribution in [2.24, 2.45) is 0 Å². The number of nitrogens with one attached hydrogen (secondary N) is 1. The Bertz CT molecular complexity index is 1270. The zero-order valence-corrected chi connectivity index (χ0v) is 20.6. The van der Waals surface area contributed by atoms with Crippen LogP contribution in [0.5, 0.6) is 11.5 Å². The summed E-state index contributed by atoms with van der Waals surface area (Å²) >= 11 is 0. The highest BCUT2D eigenvalue weighted by Gasteiger charge is 2.25. The van der Waals surface area contributed by atoms with Crippen LogP contribution in [-0.2, 0) is 11.3 Å². The molecule has 2 aliphatic heterocycles. The van der Waals surface area contributed by atoms with Gasteiger partial charge in [0.2, 0.25) is 0 Å². The van der Waals surface area contributed by atoms with Gasteiger partial charge in [0.25, 0.3) is 11.5 Å². The van der Waals surface area contributed by atoms with E-state index in [1.165, 1.54) is 6.20 Å². The first-order valence-electron chi connectivity index (χ1n) is 11.4. The van der Waals surface area contributed by atoms with E-state index in [4.69, 9.17) is 9.47 Å². The molecule has 0 spiro atoms. The number of carbonyl (C=O) groups excluding carboxylic acids is 1. The van der Waals surface area contributed by atoms with E-state index >= 15 is 0 Å². The monoisotopic (exact) mass is 500 g/mol. The summed E-state index contributed by atoms with van der Waals surface area (Å²) in [4.78, 5) is 37.5. The number of methoxy groups -OCH3 is 1. The quantitative estimate of drug-likeness (QED) is 0.549. The highest BCUT2D eigenvalue weighted by atomic mass is 35.5. The molecule has 1 fully saturated rings. The van der Waals surface area contributed by atoms with Gasteiger partial charge in [0.15, 0.2) is 18.2 Å². The predicted molar refractivity (Wildman–Crippen MR) is 136 cm³/mol. The summed E-state index contributed by atoms with van der Waals surface area (Å²) in [5.41, 5.74) is 1.46. The zero-order chi connectivity index (χ0) is 23.7. The fourth-order valence-electron chi connectivity index (χ4n) is 4.61. The maximum absolute atomic E-state index is 12.5. The molecule has 0 atom stereocenters. The topological polar surface area (TPSA) is 102 Å². The van der Waals surface area contributed by atoms with Gasteiger partial charge in [-0.1, -0.05) is 0 Å². The number of anilines is 2. The molecule has 1 N–H and O–H groups in total. The number of nitrogens with zero attached hydrogens (tertiary/aromatic N) is 5. The fraction of sp³-hybridized carbons (Fsp3) is 0.417. The van der Waals surface area contributed by atoms with Crippen molar-refractivity contribution in [3.05, 3.63) is 46.9 Å². The first-order chi connectivity index (χ1) is 16.5. The van der Waals surface area contributed by atoms with Gasteiger partial charge < -0.3 is 29.2 Å². The molecule has 1 amide bonds. The van der Waals surface area contributed by atoms with Crippen LogP contribution in [0.4, 0.5) is 11.6 Å². The molecule has 0 bridgehead atoms. The lowest BCUT2D eigenvalue weighted by Gasteiger charge is -2.37. The molecule has 35 heavy (non-hydrogen) atoms. The number of ether oxygens (including phenoxy) is 2. The molecule has 0 aliphatic carbocycles. The molecular weight excluding hydrogens is 472 g/mol. The summed E-state index contributed by atoms with van der Waals surface area (Å²) in [6, 6.07) is 9.72. The minimum absolute atomic E-state index is 0. The van der Waals surface area contributed by atoms with E-state index in [1.807, 2.05) is 37.4 Å². The van der Waals surface area contributed by atoms with E-state index in [1.54, 1.807) is 11.7 Å². The molecule has 1 aromatic carbocycles. The Balaban J connectivity index is 0.00000289. The van der Waals surface area contributed by atoms with Gasteiger partial charge in [-0.15, -0.1) is 12.4 Å². The summed E-state index contributed by atoms with van der Waals surface area (Å²) in [5.74, 6) is 2.41. The summed E-state index contributed by atoms with van der Waals surface area (Å²) in [5, 5.41) is 2.77. The Hall–Kier alpha value is -3.37. The summed E-state index contributed by atoms with van der Waals surface area (Å²) in [6.45, 7) is 3.27. The smallest absolute Gasteiger partial charge is 0.269 e. The van der Waals surface area contributed by atoms with E-state index < -0.39 is 0 Å². The standard InChI is InChI=1S/C24H28N6O4.ClH/c1-28(21-6-5-20-24(26-21)27-22(31)15-34-20)16-7-9-29(10-8-16)11-12-30-19-13-17(33-2)3-4-18(19)25-14-23(30)32;/h3-6,13-14,16H,7-12,15H2,1-2H3,(H,26,27,31);1H. The summed E-state index contributed by atoms with van der Waals surface area (Å²) < 4.78 is 12.5. The molecule has 11 heteroatoms. The van der Waals surface area contributed by atoms with Crippen LogP contribution >= 0.6 is 12.4 Å². The third kappa shape index (κ3) is 5.18. The van der Waals surface area contributed by atoms with Gasteiger partial charge in [-0.05, 0) is 37.1 Å². The number of pyridine rings is 1. The van der Waals surface area contributed by atoms with Crippen molar-refractivity contribution in [2.75, 3.05) is 50.6 Å². The SMILES string of the molecule is COc1ccc2ncc(=O)n(CCN3CCC(N(C)c4ccc5c(n4)NC(=O)CO5)CC3)c2c1.Cl. The van der Waals surface area contributed by atoms with E-state index in [9.17, 15) is 9.59 Å². The van der Waals surface area contributed by atoms with Gasteiger partial charge in [0.05, 0.1) is 24.3 Å². The molecule has 1 saturated heterocycles. The minimum Gasteiger partial charge on any atom is -0.497 e. The molecule has 10 nitrogen and oxygen atoms in total. The lowest BCUT2D eigenvalue weighted by molar-refractivity contribution is -0.118. The molecule has 0 saturated carbocycles. The van der Waals surface area contributed by atoms with E-state index in [0.29, 0.717) is 29.9 Å². The van der Waals surface area contributed by atoms with Gasteiger partial charge in [-0.25, -0.2) is 9.97 Å². The first-order valence-corrected chi connectivity index (χ1v) is 11.4. The number of rotatable bonds is 6. The van der Waals surface area contributed by atoms with Gasteiger partial charge in [0, 0.05) is 45.3 Å². The molecule has 3 aromatic rings. The molecule has 2 aliphatic rings. The fourth-order valence-corrected chi connectivity index (χ4v) is 4.61. The third-order valence-corrected chi connectivity index (χ3v) is 6.62. The number of amides is 1. The van der Waals surface area contributed by atoms with Crippen LogP contribution in [0.25, 0.3) is 11.0 Å². The average molecular weight is 501 g/mol. The number of carbonyl (C=O) groups is 1. The van der Waals surface area contributed by atoms with Crippen molar-refractivity contribution in [1.82, 2.24) is 19.4 Å². The Morgan fingerprint density at radius 2 is 1.97 bits per heavy atom. The highest BCUT2D eigenvalue weighted by Crippen LogP contribution is 2.30. The highest BCUT2D eigenvalue weighted by molar-refractivity contribution is 5.94. The average Bonchev–Trinajstić information content (AvgIpc) is 2.87. The van der Waals surface area contributed by atoms with Crippen LogP contribution in [0.3, 0.4) is 0 Å². The van der Waals surface area contributed by atoms with Crippen LogP contribution in [-0.4, -0.2) is 71.8 Å². The normalized spacial score (nSPS) is 16.1. The van der Waals surface area contributed by atoms with E-state index in [-0.39, 0.29) is 30.5 Å². The Morgan fingerprint density at radius 3 is 2.74 bits per heavy atom. The molecule has 0 radical (unpaired) electrons. The predicted octanol–water partition coefficient (Wildman–Crippen LogP) is 2.15. The summed E-state index contributed by atoms with van der Waals surface area (Å²) in [7, 11) is 3.65. The Morgan fingerprint density at radius 1 is 1.17 bits per heavy atom. The van der Waals surface area contributed by atoms with Crippen molar-refractivity contribution in [2.45, 2.75) is 25.4 Å². The Labute approximate surface area is 209 Å². The lowest BCUT2D eigenvalue weighted by atomic mass is 10.0. The molecule has 0 unspecified atom stereocenters. The van der Waals surface area contributed by atoms with Crippen LogP contribution in [0.1, 0.15) is 12.8 Å². The van der Waals surface area contributed by atoms with Crippen LogP contribution < -0.4 is 25.2 Å². The molecule has 5 rings (SSSR count). The van der Waals surface area contributed by atoms with Gasteiger partial charge in [-0.3, -0.25) is 9.59 Å².